The van der Waals surface area contributed by atoms with Gasteiger partial charge in [0.05, 0.1) is 29.2 Å². The average Bonchev–Trinajstić information content (AvgIpc) is 3.19. The van der Waals surface area contributed by atoms with Gasteiger partial charge >= 0.3 is 0 Å². The third-order valence-electron chi connectivity index (χ3n) is 5.50. The number of fused-ring (bicyclic) bond motifs is 3. The summed E-state index contributed by atoms with van der Waals surface area (Å²) >= 11 is 0. The van der Waals surface area contributed by atoms with E-state index in [1.165, 1.54) is 35.1 Å². The summed E-state index contributed by atoms with van der Waals surface area (Å²) in [6.45, 7) is 0.307. The van der Waals surface area contributed by atoms with Gasteiger partial charge in [0.1, 0.15) is 11.6 Å². The molecule has 2 aromatic heterocycles. The number of nitrogens with zero attached hydrogens (tertiary/aromatic N) is 2. The minimum absolute atomic E-state index is 0.264. The Labute approximate surface area is 187 Å². The van der Waals surface area contributed by atoms with Crippen LogP contribution in [0.4, 0.5) is 4.39 Å². The van der Waals surface area contributed by atoms with Crippen molar-refractivity contribution < 1.29 is 13.9 Å². The predicted molar refractivity (Wildman–Crippen MR) is 123 cm³/mol. The molecule has 0 aliphatic rings. The van der Waals surface area contributed by atoms with E-state index in [4.69, 9.17) is 4.74 Å². The van der Waals surface area contributed by atoms with Crippen LogP contribution in [0, 0.1) is 5.82 Å². The van der Waals surface area contributed by atoms with Gasteiger partial charge < -0.3 is 10.1 Å². The third-order valence-corrected chi connectivity index (χ3v) is 5.50. The molecule has 0 saturated carbocycles. The lowest BCUT2D eigenvalue weighted by molar-refractivity contribution is 0.0951. The topological polar surface area (TPSA) is 89.0 Å². The quantitative estimate of drug-likeness (QED) is 0.432. The molecule has 3 aromatic carbocycles. The number of methoxy groups -OCH3 is 1. The number of carbonyl (C=O) groups excluding carboxylic acids is 1. The largest absolute Gasteiger partial charge is 0.496 e. The Morgan fingerprint density at radius 3 is 2.67 bits per heavy atom. The molecule has 1 amide bonds. The normalized spacial score (nSPS) is 11.1. The molecule has 8 heteroatoms. The van der Waals surface area contributed by atoms with Gasteiger partial charge in [0.15, 0.2) is 0 Å². The molecule has 164 valence electrons. The monoisotopic (exact) mass is 442 g/mol. The summed E-state index contributed by atoms with van der Waals surface area (Å²) < 4.78 is 20.0. The molecule has 0 saturated heterocycles. The van der Waals surface area contributed by atoms with E-state index < -0.39 is 0 Å². The molecule has 5 aromatic rings. The lowest BCUT2D eigenvalue weighted by Crippen LogP contribution is -2.23. The number of ether oxygens (including phenoxy) is 1. The summed E-state index contributed by atoms with van der Waals surface area (Å²) in [5, 5.41) is 6.98. The van der Waals surface area contributed by atoms with Crippen molar-refractivity contribution in [2.45, 2.75) is 6.54 Å². The van der Waals surface area contributed by atoms with Crippen molar-refractivity contribution in [3.63, 3.8) is 0 Å². The summed E-state index contributed by atoms with van der Waals surface area (Å²) in [6.07, 6.45) is 1.50. The van der Waals surface area contributed by atoms with E-state index in [1.807, 2.05) is 24.3 Å². The minimum atomic E-state index is -0.390. The molecular weight excluding hydrogens is 423 g/mol. The van der Waals surface area contributed by atoms with Gasteiger partial charge in [0.25, 0.3) is 11.5 Å². The summed E-state index contributed by atoms with van der Waals surface area (Å²) in [4.78, 5) is 30.1. The highest BCUT2D eigenvalue weighted by molar-refractivity contribution is 6.06. The number of nitrogens with one attached hydrogen (secondary N) is 2. The molecule has 7 nitrogen and oxygen atoms in total. The molecule has 0 atom stereocenters. The van der Waals surface area contributed by atoms with Crippen LogP contribution in [0.3, 0.4) is 0 Å². The molecule has 0 aliphatic carbocycles. The van der Waals surface area contributed by atoms with Crippen LogP contribution in [0.2, 0.25) is 0 Å². The number of hydrogen-bond acceptors (Lipinski definition) is 4. The Morgan fingerprint density at radius 1 is 1.09 bits per heavy atom. The maximum atomic E-state index is 13.3. The number of pyridine rings is 1. The van der Waals surface area contributed by atoms with Gasteiger partial charge in [-0.15, -0.1) is 0 Å². The fraction of sp³-hybridized carbons (Fsp3) is 0.0800. The van der Waals surface area contributed by atoms with Crippen LogP contribution in [0.25, 0.3) is 27.5 Å². The molecule has 0 spiro atoms. The van der Waals surface area contributed by atoms with Gasteiger partial charge in [0, 0.05) is 29.3 Å². The highest BCUT2D eigenvalue weighted by Crippen LogP contribution is 2.23. The van der Waals surface area contributed by atoms with Gasteiger partial charge in [-0.05, 0) is 48.5 Å². The number of para-hydroxylation sites is 1. The zero-order chi connectivity index (χ0) is 22.9. The zero-order valence-electron chi connectivity index (χ0n) is 17.6. The Balaban J connectivity index is 1.51. The van der Waals surface area contributed by atoms with Crippen LogP contribution in [0.1, 0.15) is 15.9 Å². The zero-order valence-corrected chi connectivity index (χ0v) is 17.6. The van der Waals surface area contributed by atoms with Gasteiger partial charge in [0.2, 0.25) is 0 Å². The molecule has 33 heavy (non-hydrogen) atoms. The van der Waals surface area contributed by atoms with Crippen molar-refractivity contribution in [3.8, 4) is 11.4 Å². The molecule has 0 bridgehead atoms. The predicted octanol–water partition coefficient (Wildman–Crippen LogP) is 3.94. The Bertz CT molecular complexity index is 1550. The third kappa shape index (κ3) is 3.71. The SMILES string of the molecule is COc1ccccc1CNC(=O)c1ccc2ncc3c(=O)n(-c4ccc(F)cc4)[nH]c3c2c1. The lowest BCUT2D eigenvalue weighted by atomic mass is 10.1. The molecule has 2 heterocycles. The van der Waals surface area contributed by atoms with Crippen LogP contribution in [-0.4, -0.2) is 27.8 Å². The first-order chi connectivity index (χ1) is 16.0. The standard InChI is InChI=1S/C25H19FN4O3/c1-33-22-5-3-2-4-16(22)13-28-24(31)15-6-11-21-19(12-15)23-20(14-27-21)25(32)30(29-23)18-9-7-17(26)8-10-18/h2-12,14,29H,13H2,1H3,(H,28,31). The summed E-state index contributed by atoms with van der Waals surface area (Å²) in [7, 11) is 1.58. The Morgan fingerprint density at radius 2 is 1.88 bits per heavy atom. The first-order valence-electron chi connectivity index (χ1n) is 10.2. The number of carbonyl (C=O) groups is 1. The van der Waals surface area contributed by atoms with Gasteiger partial charge in [-0.3, -0.25) is 19.7 Å². The first-order valence-corrected chi connectivity index (χ1v) is 10.2. The number of amides is 1. The van der Waals surface area contributed by atoms with Crippen LogP contribution in [-0.2, 0) is 6.54 Å². The second-order valence-corrected chi connectivity index (χ2v) is 7.50. The smallest absolute Gasteiger partial charge is 0.280 e. The van der Waals surface area contributed by atoms with E-state index in [0.29, 0.717) is 45.4 Å². The number of H-pyrrole nitrogens is 1. The Kier molecular flexibility index (Phi) is 5.10. The second kappa shape index (κ2) is 8.23. The first kappa shape index (κ1) is 20.4. The van der Waals surface area contributed by atoms with Crippen LogP contribution >= 0.6 is 0 Å². The van der Waals surface area contributed by atoms with Gasteiger partial charge in [-0.1, -0.05) is 18.2 Å². The van der Waals surface area contributed by atoms with Crippen molar-refractivity contribution in [1.82, 2.24) is 20.1 Å². The van der Waals surface area contributed by atoms with Gasteiger partial charge in [-0.2, -0.15) is 0 Å². The number of rotatable bonds is 5. The van der Waals surface area contributed by atoms with E-state index in [0.717, 1.165) is 5.56 Å². The molecule has 2 N–H and O–H groups in total. The minimum Gasteiger partial charge on any atom is -0.496 e. The second-order valence-electron chi connectivity index (χ2n) is 7.50. The van der Waals surface area contributed by atoms with E-state index in [-0.39, 0.29) is 17.3 Å². The van der Waals surface area contributed by atoms with Gasteiger partial charge in [-0.25, -0.2) is 9.07 Å². The molecule has 5 rings (SSSR count). The number of aromatic nitrogens is 3. The molecule has 0 unspecified atom stereocenters. The van der Waals surface area contributed by atoms with E-state index in [1.54, 1.807) is 25.3 Å². The number of hydrogen-bond donors (Lipinski definition) is 2. The highest BCUT2D eigenvalue weighted by Gasteiger charge is 2.15. The molecule has 0 fully saturated rings. The van der Waals surface area contributed by atoms with Crippen molar-refractivity contribution in [1.29, 1.82) is 0 Å². The number of halogens is 1. The van der Waals surface area contributed by atoms with E-state index >= 15 is 0 Å². The van der Waals surface area contributed by atoms with E-state index in [9.17, 15) is 14.0 Å². The van der Waals surface area contributed by atoms with Crippen molar-refractivity contribution in [2.24, 2.45) is 0 Å². The molecular formula is C25H19FN4O3. The number of benzene rings is 3. The average molecular weight is 442 g/mol. The summed E-state index contributed by atoms with van der Waals surface area (Å²) in [5.41, 5.74) is 2.67. The van der Waals surface area contributed by atoms with Crippen LogP contribution < -0.4 is 15.6 Å². The van der Waals surface area contributed by atoms with E-state index in [2.05, 4.69) is 15.4 Å². The molecule has 0 radical (unpaired) electrons. The van der Waals surface area contributed by atoms with Crippen LogP contribution in [0.15, 0.2) is 77.7 Å². The lowest BCUT2D eigenvalue weighted by Gasteiger charge is -2.10. The fourth-order valence-electron chi connectivity index (χ4n) is 3.80. The van der Waals surface area contributed by atoms with Crippen molar-refractivity contribution in [2.75, 3.05) is 7.11 Å². The number of aromatic amines is 1. The summed E-state index contributed by atoms with van der Waals surface area (Å²) in [6, 6.07) is 18.2. The van der Waals surface area contributed by atoms with Crippen LogP contribution in [0.5, 0.6) is 5.75 Å². The summed E-state index contributed by atoms with van der Waals surface area (Å²) in [5.74, 6) is 0.0425. The van der Waals surface area contributed by atoms with Crippen molar-refractivity contribution in [3.05, 3.63) is 100 Å². The maximum Gasteiger partial charge on any atom is 0.280 e. The Hall–Kier alpha value is -4.46. The van der Waals surface area contributed by atoms with Crippen molar-refractivity contribution >= 4 is 27.7 Å². The fourth-order valence-corrected chi connectivity index (χ4v) is 3.80. The highest BCUT2D eigenvalue weighted by atomic mass is 19.1. The maximum absolute atomic E-state index is 13.3. The molecule has 0 aliphatic heterocycles.